The molecule has 0 aromatic heterocycles. The van der Waals surface area contributed by atoms with Gasteiger partial charge in [0.15, 0.2) is 0 Å². The van der Waals surface area contributed by atoms with Crippen LogP contribution in [0.15, 0.2) is 29.2 Å². The maximum Gasteiger partial charge on any atom is 0.253 e. The van der Waals surface area contributed by atoms with Crippen LogP contribution in [0.3, 0.4) is 0 Å². The molecule has 2 N–H and O–H groups in total. The molecular formula is C10H14N2O3S. The summed E-state index contributed by atoms with van der Waals surface area (Å²) >= 11 is 0. The van der Waals surface area contributed by atoms with Gasteiger partial charge < -0.3 is 4.74 Å². The Morgan fingerprint density at radius 2 is 1.88 bits per heavy atom. The van der Waals surface area contributed by atoms with E-state index < -0.39 is 10.0 Å². The molecule has 0 amide bonds. The van der Waals surface area contributed by atoms with Gasteiger partial charge in [-0.05, 0) is 19.1 Å². The van der Waals surface area contributed by atoms with Crippen molar-refractivity contribution in [3.8, 4) is 0 Å². The summed E-state index contributed by atoms with van der Waals surface area (Å²) in [5, 5.41) is 0. The second-order valence-electron chi connectivity index (χ2n) is 3.80. The minimum absolute atomic E-state index is 0.0697. The lowest BCUT2D eigenvalue weighted by Gasteiger charge is -2.26. The molecule has 88 valence electrons. The van der Waals surface area contributed by atoms with Crippen molar-refractivity contribution in [2.75, 3.05) is 13.2 Å². The first-order chi connectivity index (χ1) is 7.58. The summed E-state index contributed by atoms with van der Waals surface area (Å²) in [7, 11) is -3.46. The average molecular weight is 242 g/mol. The number of ether oxygens (including phenoxy) is 1. The van der Waals surface area contributed by atoms with Crippen LogP contribution in [0.4, 0.5) is 0 Å². The van der Waals surface area contributed by atoms with Crippen molar-refractivity contribution >= 4 is 10.0 Å². The summed E-state index contributed by atoms with van der Waals surface area (Å²) in [6, 6.07) is 6.76. The monoisotopic (exact) mass is 242 g/mol. The fraction of sp³-hybridized carbons (Fsp3) is 0.400. The average Bonchev–Trinajstić information content (AvgIpc) is 2.15. The molecule has 1 aromatic carbocycles. The first-order valence-electron chi connectivity index (χ1n) is 5.00. The molecular weight excluding hydrogens is 228 g/mol. The van der Waals surface area contributed by atoms with Crippen LogP contribution in [0.5, 0.6) is 0 Å². The lowest BCUT2D eigenvalue weighted by Crippen LogP contribution is -2.53. The Hall–Kier alpha value is -0.950. The first-order valence-corrected chi connectivity index (χ1v) is 6.48. The fourth-order valence-corrected chi connectivity index (χ4v) is 2.19. The minimum atomic E-state index is -3.46. The van der Waals surface area contributed by atoms with Crippen LogP contribution < -0.4 is 10.3 Å². The maximum atomic E-state index is 11.8. The van der Waals surface area contributed by atoms with Crippen molar-refractivity contribution in [3.63, 3.8) is 0 Å². The van der Waals surface area contributed by atoms with Crippen molar-refractivity contribution in [2.24, 2.45) is 0 Å². The van der Waals surface area contributed by atoms with E-state index in [1.807, 2.05) is 6.92 Å². The first kappa shape index (κ1) is 11.5. The normalized spacial score (nSPS) is 17.1. The van der Waals surface area contributed by atoms with Gasteiger partial charge >= 0.3 is 0 Å². The number of hydrogen-bond acceptors (Lipinski definition) is 4. The Kier molecular flexibility index (Phi) is 3.25. The highest BCUT2D eigenvalue weighted by Gasteiger charge is 2.21. The molecule has 0 saturated carbocycles. The summed E-state index contributed by atoms with van der Waals surface area (Å²) in [5.74, 6) is 0. The maximum absolute atomic E-state index is 11.8. The molecule has 6 heteroatoms. The van der Waals surface area contributed by atoms with Gasteiger partial charge in [-0.3, -0.25) is 0 Å². The van der Waals surface area contributed by atoms with Crippen LogP contribution in [0, 0.1) is 6.92 Å². The van der Waals surface area contributed by atoms with Crippen LogP contribution in [-0.4, -0.2) is 27.7 Å². The lowest BCUT2D eigenvalue weighted by molar-refractivity contribution is -0.00752. The van der Waals surface area contributed by atoms with Crippen LogP contribution in [0.1, 0.15) is 5.56 Å². The van der Waals surface area contributed by atoms with Crippen molar-refractivity contribution in [1.29, 1.82) is 0 Å². The highest BCUT2D eigenvalue weighted by molar-refractivity contribution is 7.89. The lowest BCUT2D eigenvalue weighted by atomic mass is 10.2. The summed E-state index contributed by atoms with van der Waals surface area (Å²) in [6.07, 6.45) is 0. The molecule has 1 aliphatic rings. The SMILES string of the molecule is Cc1ccc(S(=O)(=O)NNC2COC2)cc1. The van der Waals surface area contributed by atoms with Gasteiger partial charge in [0.2, 0.25) is 0 Å². The van der Waals surface area contributed by atoms with Gasteiger partial charge in [0, 0.05) is 0 Å². The van der Waals surface area contributed by atoms with E-state index in [4.69, 9.17) is 4.74 Å². The van der Waals surface area contributed by atoms with E-state index in [0.717, 1.165) is 5.56 Å². The van der Waals surface area contributed by atoms with E-state index >= 15 is 0 Å². The molecule has 0 bridgehead atoms. The summed E-state index contributed by atoms with van der Waals surface area (Å²) in [6.45, 7) is 2.99. The van der Waals surface area contributed by atoms with Gasteiger partial charge in [0.1, 0.15) is 0 Å². The van der Waals surface area contributed by atoms with E-state index in [9.17, 15) is 8.42 Å². The van der Waals surface area contributed by atoms with Gasteiger partial charge in [-0.1, -0.05) is 17.7 Å². The van der Waals surface area contributed by atoms with E-state index in [-0.39, 0.29) is 10.9 Å². The third kappa shape index (κ3) is 2.59. The topological polar surface area (TPSA) is 67.4 Å². The van der Waals surface area contributed by atoms with Gasteiger partial charge in [-0.25, -0.2) is 13.8 Å². The van der Waals surface area contributed by atoms with E-state index in [2.05, 4.69) is 10.3 Å². The van der Waals surface area contributed by atoms with E-state index in [1.54, 1.807) is 24.3 Å². The second-order valence-corrected chi connectivity index (χ2v) is 5.48. The standard InChI is InChI=1S/C10H14N2O3S/c1-8-2-4-10(5-3-8)16(13,14)12-11-9-6-15-7-9/h2-5,9,11-12H,6-7H2,1H3. The predicted octanol–water partition coefficient (Wildman–Crippen LogP) is 0.177. The van der Waals surface area contributed by atoms with Gasteiger partial charge in [0.25, 0.3) is 10.0 Å². The molecule has 16 heavy (non-hydrogen) atoms. The fourth-order valence-electron chi connectivity index (χ4n) is 1.26. The van der Waals surface area contributed by atoms with Gasteiger partial charge in [0.05, 0.1) is 24.2 Å². The Labute approximate surface area is 94.8 Å². The molecule has 1 saturated heterocycles. The highest BCUT2D eigenvalue weighted by Crippen LogP contribution is 2.09. The third-order valence-corrected chi connectivity index (χ3v) is 3.65. The van der Waals surface area contributed by atoms with Gasteiger partial charge in [-0.15, -0.1) is 4.83 Å². The van der Waals surface area contributed by atoms with Crippen LogP contribution in [-0.2, 0) is 14.8 Å². The van der Waals surface area contributed by atoms with Crippen LogP contribution in [0.2, 0.25) is 0 Å². The molecule has 5 nitrogen and oxygen atoms in total. The molecule has 1 fully saturated rings. The molecule has 0 atom stereocenters. The highest BCUT2D eigenvalue weighted by atomic mass is 32.2. The Morgan fingerprint density at radius 1 is 1.25 bits per heavy atom. The number of nitrogens with one attached hydrogen (secondary N) is 2. The number of benzene rings is 1. The molecule has 2 rings (SSSR count). The zero-order chi connectivity index (χ0) is 11.6. The minimum Gasteiger partial charge on any atom is -0.378 e. The van der Waals surface area contributed by atoms with Crippen molar-refractivity contribution in [3.05, 3.63) is 29.8 Å². The second kappa shape index (κ2) is 4.50. The summed E-state index contributed by atoms with van der Waals surface area (Å²) in [5.41, 5.74) is 3.74. The number of aryl methyl sites for hydroxylation is 1. The molecule has 1 aliphatic heterocycles. The molecule has 0 radical (unpaired) electrons. The predicted molar refractivity (Wildman–Crippen MR) is 59.2 cm³/mol. The number of rotatable bonds is 4. The van der Waals surface area contributed by atoms with Crippen molar-refractivity contribution in [1.82, 2.24) is 10.3 Å². The molecule has 0 aliphatic carbocycles. The smallest absolute Gasteiger partial charge is 0.253 e. The molecule has 0 unspecified atom stereocenters. The summed E-state index contributed by atoms with van der Waals surface area (Å²) in [4.78, 5) is 2.59. The number of sulfonamides is 1. The van der Waals surface area contributed by atoms with E-state index in [1.165, 1.54) is 0 Å². The van der Waals surface area contributed by atoms with Crippen molar-refractivity contribution in [2.45, 2.75) is 17.9 Å². The van der Waals surface area contributed by atoms with Crippen LogP contribution >= 0.6 is 0 Å². The zero-order valence-electron chi connectivity index (χ0n) is 8.93. The van der Waals surface area contributed by atoms with Crippen molar-refractivity contribution < 1.29 is 13.2 Å². The number of hydrogen-bond donors (Lipinski definition) is 2. The van der Waals surface area contributed by atoms with Gasteiger partial charge in [-0.2, -0.15) is 0 Å². The largest absolute Gasteiger partial charge is 0.378 e. The third-order valence-electron chi connectivity index (χ3n) is 2.37. The molecule has 1 aromatic rings. The van der Waals surface area contributed by atoms with E-state index in [0.29, 0.717) is 13.2 Å². The Bertz CT molecular complexity index is 451. The Morgan fingerprint density at radius 3 is 2.38 bits per heavy atom. The Balaban J connectivity index is 2.02. The van der Waals surface area contributed by atoms with Crippen LogP contribution in [0.25, 0.3) is 0 Å². The molecule has 1 heterocycles. The zero-order valence-corrected chi connectivity index (χ0v) is 9.75. The molecule has 0 spiro atoms. The number of hydrazine groups is 1. The summed E-state index contributed by atoms with van der Waals surface area (Å²) < 4.78 is 28.5. The quantitative estimate of drug-likeness (QED) is 0.739.